The molecular formula is C13H13BrF2N2S. The maximum absolute atomic E-state index is 13.6. The van der Waals surface area contributed by atoms with Crippen LogP contribution < -0.4 is 11.3 Å². The van der Waals surface area contributed by atoms with Crippen LogP contribution in [0.15, 0.2) is 34.1 Å². The van der Waals surface area contributed by atoms with Crippen molar-refractivity contribution in [1.82, 2.24) is 5.43 Å². The number of halogens is 3. The fraction of sp³-hybridized carbons (Fsp3) is 0.231. The molecule has 0 aliphatic rings. The highest BCUT2D eigenvalue weighted by Gasteiger charge is 2.14. The number of thiophene rings is 1. The summed E-state index contributed by atoms with van der Waals surface area (Å²) in [7, 11) is 0. The normalized spacial score (nSPS) is 12.6. The van der Waals surface area contributed by atoms with E-state index in [1.54, 1.807) is 11.3 Å². The maximum atomic E-state index is 13.6. The molecule has 1 unspecified atom stereocenters. The predicted molar refractivity (Wildman–Crippen MR) is 76.9 cm³/mol. The average Bonchev–Trinajstić information content (AvgIpc) is 2.77. The Labute approximate surface area is 122 Å². The van der Waals surface area contributed by atoms with Crippen molar-refractivity contribution in [2.45, 2.75) is 18.9 Å². The molecule has 0 bridgehead atoms. The molecule has 0 amide bonds. The van der Waals surface area contributed by atoms with Crippen molar-refractivity contribution in [2.24, 2.45) is 5.84 Å². The fourth-order valence-electron chi connectivity index (χ4n) is 1.84. The van der Waals surface area contributed by atoms with E-state index in [0.717, 1.165) is 15.4 Å². The summed E-state index contributed by atoms with van der Waals surface area (Å²) in [5.41, 5.74) is 3.14. The Morgan fingerprint density at radius 2 is 2.05 bits per heavy atom. The summed E-state index contributed by atoms with van der Waals surface area (Å²) in [5.74, 6) is 4.40. The van der Waals surface area contributed by atoms with E-state index < -0.39 is 11.6 Å². The largest absolute Gasteiger partial charge is 0.271 e. The Morgan fingerprint density at radius 3 is 2.63 bits per heavy atom. The molecule has 0 aliphatic heterocycles. The number of nitrogens with two attached hydrogens (primary N) is 1. The molecule has 6 heteroatoms. The van der Waals surface area contributed by atoms with Crippen molar-refractivity contribution < 1.29 is 8.78 Å². The van der Waals surface area contributed by atoms with Crippen LogP contribution in [-0.4, -0.2) is 6.04 Å². The van der Waals surface area contributed by atoms with Gasteiger partial charge in [0.2, 0.25) is 0 Å². The van der Waals surface area contributed by atoms with Gasteiger partial charge in [-0.05, 0) is 51.8 Å². The van der Waals surface area contributed by atoms with Crippen molar-refractivity contribution in [2.75, 3.05) is 0 Å². The van der Waals surface area contributed by atoms with E-state index in [2.05, 4.69) is 21.4 Å². The molecular weight excluding hydrogens is 334 g/mol. The number of hydrogen-bond donors (Lipinski definition) is 2. The van der Waals surface area contributed by atoms with Gasteiger partial charge < -0.3 is 0 Å². The number of hydrazine groups is 1. The average molecular weight is 347 g/mol. The molecule has 0 saturated carbocycles. The van der Waals surface area contributed by atoms with Crippen molar-refractivity contribution in [1.29, 1.82) is 0 Å². The van der Waals surface area contributed by atoms with Crippen molar-refractivity contribution in [3.05, 3.63) is 56.2 Å². The van der Waals surface area contributed by atoms with Crippen molar-refractivity contribution in [3.8, 4) is 0 Å². The van der Waals surface area contributed by atoms with Gasteiger partial charge in [-0.2, -0.15) is 0 Å². The molecule has 0 spiro atoms. The third kappa shape index (κ3) is 3.82. The molecule has 2 aromatic rings. The Kier molecular flexibility index (Phi) is 5.04. The predicted octanol–water partition coefficient (Wildman–Crippen LogP) is 3.41. The molecule has 2 rings (SSSR count). The molecule has 2 nitrogen and oxygen atoms in total. The number of benzene rings is 1. The first-order valence-electron chi connectivity index (χ1n) is 5.72. The van der Waals surface area contributed by atoms with Gasteiger partial charge in [0, 0.05) is 21.5 Å². The molecule has 0 saturated heterocycles. The van der Waals surface area contributed by atoms with Gasteiger partial charge in [-0.15, -0.1) is 11.3 Å². The maximum Gasteiger partial charge on any atom is 0.129 e. The second-order valence-corrected chi connectivity index (χ2v) is 6.05. The van der Waals surface area contributed by atoms with Crippen LogP contribution in [0.25, 0.3) is 0 Å². The molecule has 1 atom stereocenters. The number of rotatable bonds is 5. The quantitative estimate of drug-likeness (QED) is 0.643. The van der Waals surface area contributed by atoms with Crippen LogP contribution in [0.3, 0.4) is 0 Å². The van der Waals surface area contributed by atoms with Gasteiger partial charge >= 0.3 is 0 Å². The number of nitrogens with one attached hydrogen (secondary N) is 1. The molecule has 0 radical (unpaired) electrons. The smallest absolute Gasteiger partial charge is 0.129 e. The van der Waals surface area contributed by atoms with E-state index in [-0.39, 0.29) is 6.04 Å². The summed E-state index contributed by atoms with van der Waals surface area (Å²) in [6.45, 7) is 0. The van der Waals surface area contributed by atoms with E-state index in [0.29, 0.717) is 18.4 Å². The molecule has 19 heavy (non-hydrogen) atoms. The Bertz CT molecular complexity index is 559. The third-order valence-electron chi connectivity index (χ3n) is 2.84. The van der Waals surface area contributed by atoms with Gasteiger partial charge in [0.15, 0.2) is 0 Å². The van der Waals surface area contributed by atoms with Crippen LogP contribution in [0.2, 0.25) is 0 Å². The lowest BCUT2D eigenvalue weighted by Crippen LogP contribution is -2.38. The Hall–Kier alpha value is -0.820. The summed E-state index contributed by atoms with van der Waals surface area (Å²) in [4.78, 5) is 1.14. The van der Waals surface area contributed by atoms with Gasteiger partial charge in [-0.1, -0.05) is 6.07 Å². The second-order valence-electron chi connectivity index (χ2n) is 4.20. The molecule has 1 aromatic heterocycles. The Morgan fingerprint density at radius 1 is 1.26 bits per heavy atom. The van der Waals surface area contributed by atoms with Crippen molar-refractivity contribution in [3.63, 3.8) is 0 Å². The molecule has 0 aliphatic carbocycles. The minimum Gasteiger partial charge on any atom is -0.271 e. The van der Waals surface area contributed by atoms with Gasteiger partial charge in [-0.25, -0.2) is 8.78 Å². The van der Waals surface area contributed by atoms with Gasteiger partial charge in [0.05, 0.1) is 0 Å². The highest BCUT2D eigenvalue weighted by atomic mass is 79.9. The van der Waals surface area contributed by atoms with Gasteiger partial charge in [0.25, 0.3) is 0 Å². The zero-order chi connectivity index (χ0) is 13.8. The molecule has 102 valence electrons. The zero-order valence-electron chi connectivity index (χ0n) is 10.00. The zero-order valence-corrected chi connectivity index (χ0v) is 12.4. The first kappa shape index (κ1) is 14.6. The van der Waals surface area contributed by atoms with E-state index in [1.807, 2.05) is 11.4 Å². The summed E-state index contributed by atoms with van der Waals surface area (Å²) in [6, 6.07) is 5.47. The molecule has 3 N–H and O–H groups in total. The molecule has 1 aromatic carbocycles. The van der Waals surface area contributed by atoms with Crippen LogP contribution in [0.1, 0.15) is 10.4 Å². The highest BCUT2D eigenvalue weighted by Crippen LogP contribution is 2.24. The SMILES string of the molecule is NNC(Cc1ccc(F)cc1F)Cc1sccc1Br. The summed E-state index contributed by atoms with van der Waals surface area (Å²) in [5, 5.41) is 1.98. The van der Waals surface area contributed by atoms with E-state index in [1.165, 1.54) is 12.1 Å². The van der Waals surface area contributed by atoms with E-state index in [9.17, 15) is 8.78 Å². The van der Waals surface area contributed by atoms with Crippen LogP contribution in [0.5, 0.6) is 0 Å². The standard InChI is InChI=1S/C13H13BrF2N2S/c14-11-3-4-19-13(11)7-10(18-17)5-8-1-2-9(15)6-12(8)16/h1-4,6,10,18H,5,7,17H2. The van der Waals surface area contributed by atoms with Gasteiger partial charge in [-0.3, -0.25) is 11.3 Å². The number of hydrogen-bond acceptors (Lipinski definition) is 3. The van der Waals surface area contributed by atoms with Crippen LogP contribution in [0.4, 0.5) is 8.78 Å². The monoisotopic (exact) mass is 346 g/mol. The van der Waals surface area contributed by atoms with Crippen LogP contribution in [-0.2, 0) is 12.8 Å². The van der Waals surface area contributed by atoms with Crippen LogP contribution in [0, 0.1) is 11.6 Å². The van der Waals surface area contributed by atoms with E-state index >= 15 is 0 Å². The summed E-state index contributed by atoms with van der Waals surface area (Å²) in [6.07, 6.45) is 1.10. The van der Waals surface area contributed by atoms with Crippen molar-refractivity contribution >= 4 is 27.3 Å². The Balaban J connectivity index is 2.09. The second kappa shape index (κ2) is 6.56. The lowest BCUT2D eigenvalue weighted by Gasteiger charge is -2.16. The van der Waals surface area contributed by atoms with Gasteiger partial charge in [0.1, 0.15) is 11.6 Å². The third-order valence-corrected chi connectivity index (χ3v) is 4.79. The molecule has 1 heterocycles. The topological polar surface area (TPSA) is 38.0 Å². The summed E-state index contributed by atoms with van der Waals surface area (Å²) >= 11 is 5.07. The highest BCUT2D eigenvalue weighted by molar-refractivity contribution is 9.10. The molecule has 0 fully saturated rings. The summed E-state index contributed by atoms with van der Waals surface area (Å²) < 4.78 is 27.5. The minimum atomic E-state index is -0.570. The first-order valence-corrected chi connectivity index (χ1v) is 7.39. The minimum absolute atomic E-state index is 0.102. The lowest BCUT2D eigenvalue weighted by molar-refractivity contribution is 0.504. The van der Waals surface area contributed by atoms with Crippen LogP contribution >= 0.6 is 27.3 Å². The fourth-order valence-corrected chi connectivity index (χ4v) is 3.43. The first-order chi connectivity index (χ1) is 9.10. The van der Waals surface area contributed by atoms with E-state index in [4.69, 9.17) is 5.84 Å². The lowest BCUT2D eigenvalue weighted by atomic mass is 10.0.